The van der Waals surface area contributed by atoms with Crippen LogP contribution in [0.25, 0.3) is 0 Å². The Labute approximate surface area is 112 Å². The first-order valence-electron chi connectivity index (χ1n) is 6.39. The van der Waals surface area contributed by atoms with Crippen molar-refractivity contribution >= 4 is 0 Å². The maximum absolute atomic E-state index is 12.4. The van der Waals surface area contributed by atoms with Crippen LogP contribution in [0, 0.1) is 5.92 Å². The molecule has 0 heterocycles. The molecule has 2 unspecified atom stereocenters. The average molecular weight is 273 g/mol. The number of nitrogens with zero attached hydrogens (tertiary/aromatic N) is 1. The molecule has 0 aliphatic heterocycles. The minimum absolute atomic E-state index is 0.166. The first-order valence-corrected chi connectivity index (χ1v) is 6.39. The van der Waals surface area contributed by atoms with Crippen molar-refractivity contribution in [1.82, 2.24) is 4.90 Å². The molecule has 0 aromatic heterocycles. The van der Waals surface area contributed by atoms with Gasteiger partial charge >= 0.3 is 0 Å². The Morgan fingerprint density at radius 3 is 2.32 bits per heavy atom. The Balaban J connectivity index is 2.58. The first-order chi connectivity index (χ1) is 9.04. The van der Waals surface area contributed by atoms with Gasteiger partial charge in [-0.1, -0.05) is 37.3 Å². The average Bonchev–Trinajstić information content (AvgIpc) is 2.38. The second kappa shape index (κ2) is 8.19. The van der Waals surface area contributed by atoms with E-state index in [1.807, 2.05) is 37.3 Å². The summed E-state index contributed by atoms with van der Waals surface area (Å²) in [5.41, 5.74) is 0.774. The van der Waals surface area contributed by atoms with Gasteiger partial charge in [-0.25, -0.2) is 8.78 Å². The highest BCUT2D eigenvalue weighted by Gasteiger charge is 2.20. The van der Waals surface area contributed by atoms with Crippen LogP contribution in [-0.2, 0) is 0 Å². The maximum Gasteiger partial charge on any atom is 0.251 e. The molecule has 0 saturated carbocycles. The summed E-state index contributed by atoms with van der Waals surface area (Å²) in [5.74, 6) is -0.187. The molecule has 0 saturated heterocycles. The third-order valence-electron chi connectivity index (χ3n) is 3.04. The molecule has 0 spiro atoms. The fraction of sp³-hybridized carbons (Fsp3) is 0.571. The maximum atomic E-state index is 12.4. The number of hydrogen-bond acceptors (Lipinski definition) is 3. The lowest BCUT2D eigenvalue weighted by Crippen LogP contribution is -2.36. The van der Waals surface area contributed by atoms with E-state index in [1.165, 1.54) is 4.90 Å². The number of hydrogen-bond donors (Lipinski definition) is 2. The lowest BCUT2D eigenvalue weighted by molar-refractivity contribution is 0.0438. The van der Waals surface area contributed by atoms with Crippen LogP contribution in [0.4, 0.5) is 8.78 Å². The highest BCUT2D eigenvalue weighted by Crippen LogP contribution is 2.22. The van der Waals surface area contributed by atoms with Gasteiger partial charge in [-0.3, -0.25) is 4.90 Å². The number of rotatable bonds is 8. The Kier molecular flexibility index (Phi) is 6.91. The summed E-state index contributed by atoms with van der Waals surface area (Å²) in [6.45, 7) is 1.78. The fourth-order valence-corrected chi connectivity index (χ4v) is 2.08. The Bertz CT molecular complexity index is 349. The van der Waals surface area contributed by atoms with E-state index >= 15 is 0 Å². The van der Waals surface area contributed by atoms with Gasteiger partial charge in [0.1, 0.15) is 0 Å². The molecule has 108 valence electrons. The Hall–Kier alpha value is -1.04. The van der Waals surface area contributed by atoms with Crippen molar-refractivity contribution in [1.29, 1.82) is 0 Å². The Morgan fingerprint density at radius 1 is 1.16 bits per heavy atom. The van der Waals surface area contributed by atoms with Crippen LogP contribution in [-0.4, -0.2) is 47.8 Å². The Morgan fingerprint density at radius 2 is 1.79 bits per heavy atom. The van der Waals surface area contributed by atoms with Crippen LogP contribution in [0.2, 0.25) is 0 Å². The topological polar surface area (TPSA) is 43.7 Å². The van der Waals surface area contributed by atoms with Crippen LogP contribution < -0.4 is 0 Å². The van der Waals surface area contributed by atoms with E-state index in [9.17, 15) is 13.9 Å². The molecule has 0 amide bonds. The molecule has 0 radical (unpaired) electrons. The van der Waals surface area contributed by atoms with Crippen molar-refractivity contribution in [3.05, 3.63) is 35.9 Å². The number of halogens is 2. The molecular weight excluding hydrogens is 252 g/mol. The lowest BCUT2D eigenvalue weighted by Gasteiger charge is -2.27. The number of aliphatic hydroxyl groups excluding tert-OH is 2. The van der Waals surface area contributed by atoms with Crippen LogP contribution in [0.5, 0.6) is 0 Å². The van der Waals surface area contributed by atoms with Crippen molar-refractivity contribution in [2.24, 2.45) is 5.92 Å². The zero-order valence-corrected chi connectivity index (χ0v) is 11.0. The minimum Gasteiger partial charge on any atom is -0.395 e. The fourth-order valence-electron chi connectivity index (χ4n) is 2.08. The summed E-state index contributed by atoms with van der Waals surface area (Å²) >= 11 is 0. The van der Waals surface area contributed by atoms with Gasteiger partial charge in [0.25, 0.3) is 6.43 Å². The third kappa shape index (κ3) is 5.63. The molecule has 1 aromatic carbocycles. The molecule has 0 fully saturated rings. The summed E-state index contributed by atoms with van der Waals surface area (Å²) in [7, 11) is 0. The van der Waals surface area contributed by atoms with Gasteiger partial charge in [-0.2, -0.15) is 0 Å². The van der Waals surface area contributed by atoms with Gasteiger partial charge in [-0.15, -0.1) is 0 Å². The standard InChI is InChI=1S/C14H21F2NO2/c1-11(9-17(7-8-18)10-13(15)16)14(19)12-5-3-2-4-6-12/h2-6,11,13-14,18-19H,7-10H2,1H3. The van der Waals surface area contributed by atoms with E-state index in [4.69, 9.17) is 5.11 Å². The van der Waals surface area contributed by atoms with E-state index in [1.54, 1.807) is 0 Å². The van der Waals surface area contributed by atoms with E-state index in [-0.39, 0.29) is 25.6 Å². The van der Waals surface area contributed by atoms with Crippen molar-refractivity contribution in [2.45, 2.75) is 19.5 Å². The molecule has 0 aliphatic carbocycles. The first kappa shape index (κ1) is 16.0. The second-order valence-corrected chi connectivity index (χ2v) is 4.71. The normalized spacial score (nSPS) is 14.9. The number of aliphatic hydroxyl groups is 2. The molecule has 3 nitrogen and oxygen atoms in total. The van der Waals surface area contributed by atoms with Crippen LogP contribution in [0.15, 0.2) is 30.3 Å². The van der Waals surface area contributed by atoms with Gasteiger partial charge in [0.15, 0.2) is 0 Å². The summed E-state index contributed by atoms with van der Waals surface area (Å²) in [6.07, 6.45) is -3.13. The van der Waals surface area contributed by atoms with Crippen molar-refractivity contribution in [2.75, 3.05) is 26.2 Å². The van der Waals surface area contributed by atoms with Gasteiger partial charge in [0, 0.05) is 13.1 Å². The van der Waals surface area contributed by atoms with E-state index in [0.29, 0.717) is 6.54 Å². The number of benzene rings is 1. The SMILES string of the molecule is CC(CN(CCO)CC(F)F)C(O)c1ccccc1. The van der Waals surface area contributed by atoms with Crippen molar-refractivity contribution < 1.29 is 19.0 Å². The largest absolute Gasteiger partial charge is 0.395 e. The van der Waals surface area contributed by atoms with Gasteiger partial charge in [0.05, 0.1) is 19.3 Å². The quantitative estimate of drug-likeness (QED) is 0.760. The van der Waals surface area contributed by atoms with Crippen molar-refractivity contribution in [3.63, 3.8) is 0 Å². The van der Waals surface area contributed by atoms with E-state index < -0.39 is 12.5 Å². The zero-order valence-electron chi connectivity index (χ0n) is 11.0. The predicted octanol–water partition coefficient (Wildman–Crippen LogP) is 1.92. The molecule has 19 heavy (non-hydrogen) atoms. The smallest absolute Gasteiger partial charge is 0.251 e. The number of alkyl halides is 2. The molecule has 0 aliphatic rings. The second-order valence-electron chi connectivity index (χ2n) is 4.71. The summed E-state index contributed by atoms with van der Waals surface area (Å²) in [6, 6.07) is 9.14. The van der Waals surface area contributed by atoms with Crippen LogP contribution in [0.1, 0.15) is 18.6 Å². The molecular formula is C14H21F2NO2. The molecule has 1 aromatic rings. The van der Waals surface area contributed by atoms with E-state index in [2.05, 4.69) is 0 Å². The summed E-state index contributed by atoms with van der Waals surface area (Å²) in [5, 5.41) is 19.0. The zero-order chi connectivity index (χ0) is 14.3. The molecule has 2 N–H and O–H groups in total. The summed E-state index contributed by atoms with van der Waals surface area (Å²) < 4.78 is 24.8. The van der Waals surface area contributed by atoms with Gasteiger partial charge in [-0.05, 0) is 11.5 Å². The molecule has 1 rings (SSSR count). The highest BCUT2D eigenvalue weighted by atomic mass is 19.3. The summed E-state index contributed by atoms with van der Waals surface area (Å²) in [4.78, 5) is 1.47. The molecule has 0 bridgehead atoms. The van der Waals surface area contributed by atoms with E-state index in [0.717, 1.165) is 5.56 Å². The molecule has 2 atom stereocenters. The van der Waals surface area contributed by atoms with Gasteiger partial charge in [0.2, 0.25) is 0 Å². The lowest BCUT2D eigenvalue weighted by atomic mass is 9.97. The highest BCUT2D eigenvalue weighted by molar-refractivity contribution is 5.17. The monoisotopic (exact) mass is 273 g/mol. The molecule has 5 heteroatoms. The minimum atomic E-state index is -2.44. The predicted molar refractivity (Wildman–Crippen MR) is 70.1 cm³/mol. The third-order valence-corrected chi connectivity index (χ3v) is 3.04. The van der Waals surface area contributed by atoms with Crippen LogP contribution >= 0.6 is 0 Å². The van der Waals surface area contributed by atoms with Gasteiger partial charge < -0.3 is 10.2 Å². The van der Waals surface area contributed by atoms with Crippen molar-refractivity contribution in [3.8, 4) is 0 Å². The van der Waals surface area contributed by atoms with Crippen LogP contribution in [0.3, 0.4) is 0 Å².